The van der Waals surface area contributed by atoms with Crippen LogP contribution in [0, 0.1) is 11.7 Å². The van der Waals surface area contributed by atoms with Crippen molar-refractivity contribution in [2.75, 3.05) is 32.7 Å². The van der Waals surface area contributed by atoms with Gasteiger partial charge >= 0.3 is 0 Å². The Kier molecular flexibility index (Phi) is 5.03. The van der Waals surface area contributed by atoms with Crippen LogP contribution in [0.15, 0.2) is 28.8 Å². The van der Waals surface area contributed by atoms with E-state index < -0.39 is 0 Å². The number of nitrogens with zero attached hydrogens (tertiary/aromatic N) is 4. The molecule has 0 aliphatic carbocycles. The molecule has 1 aliphatic rings. The summed E-state index contributed by atoms with van der Waals surface area (Å²) >= 11 is 0. The minimum absolute atomic E-state index is 0.267. The molecular formula is C17H23FN4O. The lowest BCUT2D eigenvalue weighted by Gasteiger charge is -2.34. The van der Waals surface area contributed by atoms with Crippen LogP contribution in [0.3, 0.4) is 0 Å². The Morgan fingerprint density at radius 3 is 2.39 bits per heavy atom. The van der Waals surface area contributed by atoms with Crippen LogP contribution >= 0.6 is 0 Å². The first kappa shape index (κ1) is 16.1. The summed E-state index contributed by atoms with van der Waals surface area (Å²) < 4.78 is 18.3. The van der Waals surface area contributed by atoms with Crippen LogP contribution in [0.4, 0.5) is 4.39 Å². The van der Waals surface area contributed by atoms with Crippen LogP contribution in [0.1, 0.15) is 19.7 Å². The summed E-state index contributed by atoms with van der Waals surface area (Å²) in [6.07, 6.45) is 0. The van der Waals surface area contributed by atoms with E-state index in [2.05, 4.69) is 33.8 Å². The number of hydrogen-bond donors (Lipinski definition) is 0. The quantitative estimate of drug-likeness (QED) is 0.848. The van der Waals surface area contributed by atoms with Gasteiger partial charge in [0.05, 0.1) is 6.54 Å². The van der Waals surface area contributed by atoms with Gasteiger partial charge in [-0.3, -0.25) is 4.90 Å². The molecule has 23 heavy (non-hydrogen) atoms. The molecule has 0 saturated carbocycles. The van der Waals surface area contributed by atoms with E-state index in [0.717, 1.165) is 38.3 Å². The zero-order chi connectivity index (χ0) is 16.2. The normalized spacial score (nSPS) is 17.0. The monoisotopic (exact) mass is 318 g/mol. The van der Waals surface area contributed by atoms with Crippen molar-refractivity contribution in [3.05, 3.63) is 36.0 Å². The van der Waals surface area contributed by atoms with Gasteiger partial charge in [0.2, 0.25) is 11.7 Å². The Morgan fingerprint density at radius 1 is 1.09 bits per heavy atom. The number of halogens is 1. The molecule has 0 radical (unpaired) electrons. The summed E-state index contributed by atoms with van der Waals surface area (Å²) in [7, 11) is 0. The predicted molar refractivity (Wildman–Crippen MR) is 86.2 cm³/mol. The van der Waals surface area contributed by atoms with Gasteiger partial charge in [-0.2, -0.15) is 4.98 Å². The lowest BCUT2D eigenvalue weighted by Crippen LogP contribution is -2.46. The van der Waals surface area contributed by atoms with E-state index in [-0.39, 0.29) is 5.82 Å². The lowest BCUT2D eigenvalue weighted by atomic mass is 10.2. The molecule has 0 spiro atoms. The molecule has 0 unspecified atom stereocenters. The highest BCUT2D eigenvalue weighted by atomic mass is 19.1. The van der Waals surface area contributed by atoms with E-state index in [1.165, 1.54) is 12.1 Å². The van der Waals surface area contributed by atoms with Crippen molar-refractivity contribution in [1.82, 2.24) is 19.9 Å². The fourth-order valence-electron chi connectivity index (χ4n) is 2.87. The molecule has 1 aromatic heterocycles. The molecule has 1 fully saturated rings. The number of hydrogen-bond acceptors (Lipinski definition) is 5. The summed E-state index contributed by atoms with van der Waals surface area (Å²) in [5, 5.41) is 3.99. The maximum absolute atomic E-state index is 13.0. The second-order valence-corrected chi connectivity index (χ2v) is 6.49. The van der Waals surface area contributed by atoms with Gasteiger partial charge in [0.1, 0.15) is 5.82 Å². The van der Waals surface area contributed by atoms with E-state index in [9.17, 15) is 4.39 Å². The van der Waals surface area contributed by atoms with Gasteiger partial charge in [-0.15, -0.1) is 0 Å². The van der Waals surface area contributed by atoms with Crippen molar-refractivity contribution < 1.29 is 8.91 Å². The third kappa shape index (κ3) is 4.36. The second-order valence-electron chi connectivity index (χ2n) is 6.49. The molecule has 1 aliphatic heterocycles. The van der Waals surface area contributed by atoms with Crippen LogP contribution < -0.4 is 0 Å². The standard InChI is InChI=1S/C17H23FN4O/c1-13(2)11-21-7-9-22(10-8-21)12-16-19-17(20-23-16)14-3-5-15(18)6-4-14/h3-6,13H,7-12H2,1-2H3. The highest BCUT2D eigenvalue weighted by molar-refractivity contribution is 5.53. The van der Waals surface area contributed by atoms with Gasteiger partial charge in [0.15, 0.2) is 0 Å². The van der Waals surface area contributed by atoms with Crippen LogP contribution in [0.5, 0.6) is 0 Å². The summed E-state index contributed by atoms with van der Waals surface area (Å²) in [5.41, 5.74) is 0.767. The molecule has 2 heterocycles. The van der Waals surface area contributed by atoms with Crippen LogP contribution in [-0.2, 0) is 6.54 Å². The minimum atomic E-state index is -0.267. The van der Waals surface area contributed by atoms with Gasteiger partial charge in [0.25, 0.3) is 0 Å². The maximum Gasteiger partial charge on any atom is 0.241 e. The van der Waals surface area contributed by atoms with Crippen LogP contribution in [-0.4, -0.2) is 52.7 Å². The number of benzene rings is 1. The molecule has 1 saturated heterocycles. The van der Waals surface area contributed by atoms with Crippen molar-refractivity contribution in [2.45, 2.75) is 20.4 Å². The van der Waals surface area contributed by atoms with Gasteiger partial charge in [0, 0.05) is 38.3 Å². The van der Waals surface area contributed by atoms with Crippen molar-refractivity contribution >= 4 is 0 Å². The smallest absolute Gasteiger partial charge is 0.241 e. The zero-order valence-corrected chi connectivity index (χ0v) is 13.7. The molecule has 124 valence electrons. The topological polar surface area (TPSA) is 45.4 Å². The largest absolute Gasteiger partial charge is 0.338 e. The first-order chi connectivity index (χ1) is 11.1. The molecule has 0 atom stereocenters. The van der Waals surface area contributed by atoms with Crippen molar-refractivity contribution in [2.24, 2.45) is 5.92 Å². The molecule has 1 aromatic carbocycles. The molecular weight excluding hydrogens is 295 g/mol. The minimum Gasteiger partial charge on any atom is -0.338 e. The van der Waals surface area contributed by atoms with E-state index >= 15 is 0 Å². The third-order valence-electron chi connectivity index (χ3n) is 4.02. The van der Waals surface area contributed by atoms with Gasteiger partial charge in [-0.05, 0) is 30.2 Å². The van der Waals surface area contributed by atoms with Crippen molar-refractivity contribution in [1.29, 1.82) is 0 Å². The lowest BCUT2D eigenvalue weighted by molar-refractivity contribution is 0.108. The zero-order valence-electron chi connectivity index (χ0n) is 13.7. The second kappa shape index (κ2) is 7.19. The molecule has 0 amide bonds. The first-order valence-electron chi connectivity index (χ1n) is 8.13. The summed E-state index contributed by atoms with van der Waals surface area (Å²) in [6, 6.07) is 6.13. The fraction of sp³-hybridized carbons (Fsp3) is 0.529. The van der Waals surface area contributed by atoms with E-state index in [0.29, 0.717) is 24.2 Å². The van der Waals surface area contributed by atoms with Crippen molar-refractivity contribution in [3.63, 3.8) is 0 Å². The van der Waals surface area contributed by atoms with E-state index in [1.54, 1.807) is 12.1 Å². The highest BCUT2D eigenvalue weighted by Gasteiger charge is 2.19. The third-order valence-corrected chi connectivity index (χ3v) is 4.02. The van der Waals surface area contributed by atoms with Gasteiger partial charge in [-0.1, -0.05) is 19.0 Å². The Morgan fingerprint density at radius 2 is 1.74 bits per heavy atom. The Bertz CT molecular complexity index is 618. The number of piperazine rings is 1. The average molecular weight is 318 g/mol. The maximum atomic E-state index is 13.0. The molecule has 6 heteroatoms. The fourth-order valence-corrected chi connectivity index (χ4v) is 2.87. The molecule has 2 aromatic rings. The predicted octanol–water partition coefficient (Wildman–Crippen LogP) is 2.65. The SMILES string of the molecule is CC(C)CN1CCN(Cc2nc(-c3ccc(F)cc3)no2)CC1. The van der Waals surface area contributed by atoms with E-state index in [4.69, 9.17) is 4.52 Å². The van der Waals surface area contributed by atoms with Crippen LogP contribution in [0.2, 0.25) is 0 Å². The van der Waals surface area contributed by atoms with E-state index in [1.807, 2.05) is 0 Å². The Balaban J connectivity index is 1.55. The number of rotatable bonds is 5. The van der Waals surface area contributed by atoms with Gasteiger partial charge < -0.3 is 9.42 Å². The van der Waals surface area contributed by atoms with Crippen LogP contribution in [0.25, 0.3) is 11.4 Å². The average Bonchev–Trinajstić information content (AvgIpc) is 2.98. The Hall–Kier alpha value is -1.79. The summed E-state index contributed by atoms with van der Waals surface area (Å²) in [5.74, 6) is 1.56. The molecule has 5 nitrogen and oxygen atoms in total. The summed E-state index contributed by atoms with van der Waals surface area (Å²) in [4.78, 5) is 9.25. The Labute approximate surface area is 136 Å². The molecule has 3 rings (SSSR count). The number of aromatic nitrogens is 2. The first-order valence-corrected chi connectivity index (χ1v) is 8.13. The summed E-state index contributed by atoms with van der Waals surface area (Å²) in [6.45, 7) is 10.5. The molecule has 0 bridgehead atoms. The van der Waals surface area contributed by atoms with Gasteiger partial charge in [-0.25, -0.2) is 4.39 Å². The van der Waals surface area contributed by atoms with Crippen molar-refractivity contribution in [3.8, 4) is 11.4 Å². The highest BCUT2D eigenvalue weighted by Crippen LogP contribution is 2.17. The molecule has 0 N–H and O–H groups in total.